The van der Waals surface area contributed by atoms with Gasteiger partial charge >= 0.3 is 0 Å². The van der Waals surface area contributed by atoms with Gasteiger partial charge in [0, 0.05) is 6.04 Å². The lowest BCUT2D eigenvalue weighted by molar-refractivity contribution is 0.558. The Bertz CT molecular complexity index is 66.1. The first-order valence-electron chi connectivity index (χ1n) is 3.33. The van der Waals surface area contributed by atoms with Crippen molar-refractivity contribution in [2.45, 2.75) is 37.7 Å². The minimum absolute atomic E-state index is 0.0355. The highest BCUT2D eigenvalue weighted by atomic mass is 35.5. The molecule has 0 amide bonds. The molecule has 9 heavy (non-hydrogen) atoms. The first-order chi connectivity index (χ1) is 4.18. The van der Waals surface area contributed by atoms with Crippen molar-refractivity contribution in [1.29, 1.82) is 0 Å². The molecule has 0 saturated heterocycles. The molecular formula is C6H15ClN2. The van der Waals surface area contributed by atoms with Crippen LogP contribution in [0.3, 0.4) is 0 Å². The molecule has 0 aromatic carbocycles. The number of nitrogens with two attached hydrogens (primary N) is 2. The maximum absolute atomic E-state index is 5.55. The van der Waals surface area contributed by atoms with Crippen molar-refractivity contribution in [2.75, 3.05) is 0 Å². The number of alkyl halides is 1. The van der Waals surface area contributed by atoms with Gasteiger partial charge in [-0.2, -0.15) is 0 Å². The zero-order chi connectivity index (χ0) is 7.28. The first-order valence-corrected chi connectivity index (χ1v) is 3.77. The molecular weight excluding hydrogens is 136 g/mol. The minimum Gasteiger partial charge on any atom is -0.325 e. The Morgan fingerprint density at radius 2 is 2.00 bits per heavy atom. The van der Waals surface area contributed by atoms with E-state index in [2.05, 4.69) is 6.92 Å². The van der Waals surface area contributed by atoms with Crippen molar-refractivity contribution < 1.29 is 0 Å². The van der Waals surface area contributed by atoms with Crippen LogP contribution >= 0.6 is 11.6 Å². The zero-order valence-corrected chi connectivity index (χ0v) is 6.56. The van der Waals surface area contributed by atoms with Gasteiger partial charge in [-0.3, -0.25) is 0 Å². The molecule has 0 heterocycles. The summed E-state index contributed by atoms with van der Waals surface area (Å²) in [5.74, 6) is 0. The Balaban J connectivity index is 3.16. The third-order valence-corrected chi connectivity index (χ3v) is 1.62. The first kappa shape index (κ1) is 9.21. The van der Waals surface area contributed by atoms with Crippen LogP contribution in [-0.2, 0) is 0 Å². The molecule has 0 aromatic heterocycles. The van der Waals surface area contributed by atoms with Crippen LogP contribution in [0.25, 0.3) is 0 Å². The number of hydrogen-bond acceptors (Lipinski definition) is 2. The lowest BCUT2D eigenvalue weighted by Crippen LogP contribution is -2.36. The average Bonchev–Trinajstić information content (AvgIpc) is 1.82. The molecule has 0 spiro atoms. The fraction of sp³-hybridized carbons (Fsp3) is 1.00. The van der Waals surface area contributed by atoms with Crippen molar-refractivity contribution in [1.82, 2.24) is 0 Å². The molecule has 0 radical (unpaired) electrons. The van der Waals surface area contributed by atoms with Crippen LogP contribution < -0.4 is 11.5 Å². The second kappa shape index (κ2) is 5.03. The second-order valence-corrected chi connectivity index (χ2v) is 2.75. The smallest absolute Gasteiger partial charge is 0.0953 e. The number of rotatable bonds is 4. The normalized spacial score (nSPS) is 17.3. The predicted molar refractivity (Wildman–Crippen MR) is 41.3 cm³/mol. The summed E-state index contributed by atoms with van der Waals surface area (Å²) in [7, 11) is 0. The van der Waals surface area contributed by atoms with E-state index in [4.69, 9.17) is 23.1 Å². The average molecular weight is 151 g/mol. The van der Waals surface area contributed by atoms with Crippen molar-refractivity contribution in [3.8, 4) is 0 Å². The highest BCUT2D eigenvalue weighted by Gasteiger charge is 2.07. The third kappa shape index (κ3) is 4.70. The standard InChI is InChI=1S/C6H15ClN2/c1-2-3-4-5(8)6(7)9/h5-6H,2-4,8-9H2,1H3. The molecule has 2 unspecified atom stereocenters. The van der Waals surface area contributed by atoms with Crippen LogP contribution in [0.5, 0.6) is 0 Å². The summed E-state index contributed by atoms with van der Waals surface area (Å²) in [5.41, 5.74) is 10.5. The molecule has 2 atom stereocenters. The fourth-order valence-electron chi connectivity index (χ4n) is 0.599. The van der Waals surface area contributed by atoms with Crippen LogP contribution in [0.15, 0.2) is 0 Å². The van der Waals surface area contributed by atoms with Crippen LogP contribution in [0.4, 0.5) is 0 Å². The van der Waals surface area contributed by atoms with E-state index in [-0.39, 0.29) is 11.5 Å². The van der Waals surface area contributed by atoms with Gasteiger partial charge < -0.3 is 11.5 Å². The minimum atomic E-state index is -0.378. The Morgan fingerprint density at radius 1 is 1.44 bits per heavy atom. The Morgan fingerprint density at radius 3 is 2.33 bits per heavy atom. The van der Waals surface area contributed by atoms with Gasteiger partial charge in [-0.25, -0.2) is 0 Å². The molecule has 0 saturated carbocycles. The lowest BCUT2D eigenvalue weighted by Gasteiger charge is -2.11. The summed E-state index contributed by atoms with van der Waals surface area (Å²) in [5, 5.41) is 0. The van der Waals surface area contributed by atoms with E-state index in [1.807, 2.05) is 0 Å². The highest BCUT2D eigenvalue weighted by Crippen LogP contribution is 2.02. The van der Waals surface area contributed by atoms with E-state index in [1.165, 1.54) is 0 Å². The largest absolute Gasteiger partial charge is 0.325 e. The van der Waals surface area contributed by atoms with Gasteiger partial charge in [-0.15, -0.1) is 11.6 Å². The summed E-state index contributed by atoms with van der Waals surface area (Å²) < 4.78 is 0. The lowest BCUT2D eigenvalue weighted by atomic mass is 10.1. The summed E-state index contributed by atoms with van der Waals surface area (Å²) in [4.78, 5) is 0. The maximum atomic E-state index is 5.55. The number of hydrogen-bond donors (Lipinski definition) is 2. The molecule has 4 N–H and O–H groups in total. The zero-order valence-electron chi connectivity index (χ0n) is 5.81. The van der Waals surface area contributed by atoms with Crippen molar-refractivity contribution >= 4 is 11.6 Å². The molecule has 0 fully saturated rings. The van der Waals surface area contributed by atoms with E-state index < -0.39 is 0 Å². The summed E-state index contributed by atoms with van der Waals surface area (Å²) in [6, 6.07) is -0.0355. The van der Waals surface area contributed by atoms with Gasteiger partial charge in [0.1, 0.15) is 0 Å². The molecule has 0 aliphatic rings. The third-order valence-electron chi connectivity index (χ3n) is 1.30. The summed E-state index contributed by atoms with van der Waals surface area (Å²) in [6.45, 7) is 2.12. The quantitative estimate of drug-likeness (QED) is 0.465. The van der Waals surface area contributed by atoms with Crippen LogP contribution in [0.2, 0.25) is 0 Å². The SMILES string of the molecule is CCCCC(N)C(N)Cl. The van der Waals surface area contributed by atoms with Crippen LogP contribution in [0.1, 0.15) is 26.2 Å². The van der Waals surface area contributed by atoms with E-state index in [0.29, 0.717) is 0 Å². The van der Waals surface area contributed by atoms with E-state index in [1.54, 1.807) is 0 Å². The Hall–Kier alpha value is 0.210. The summed E-state index contributed by atoms with van der Waals surface area (Å²) in [6.07, 6.45) is 3.19. The number of halogens is 1. The van der Waals surface area contributed by atoms with Crippen LogP contribution in [-0.4, -0.2) is 11.5 Å². The van der Waals surface area contributed by atoms with Gasteiger partial charge in [-0.1, -0.05) is 19.8 Å². The molecule has 0 aromatic rings. The molecule has 0 aliphatic heterocycles. The Kier molecular flexibility index (Phi) is 5.15. The monoisotopic (exact) mass is 150 g/mol. The topological polar surface area (TPSA) is 52.0 Å². The van der Waals surface area contributed by atoms with E-state index in [0.717, 1.165) is 19.3 Å². The van der Waals surface area contributed by atoms with Crippen molar-refractivity contribution in [2.24, 2.45) is 11.5 Å². The van der Waals surface area contributed by atoms with Gasteiger partial charge in [-0.05, 0) is 6.42 Å². The van der Waals surface area contributed by atoms with E-state index in [9.17, 15) is 0 Å². The Labute approximate surface area is 61.5 Å². The fourth-order valence-corrected chi connectivity index (χ4v) is 0.725. The van der Waals surface area contributed by atoms with Gasteiger partial charge in [0.15, 0.2) is 0 Å². The molecule has 0 aliphatic carbocycles. The molecule has 2 nitrogen and oxygen atoms in total. The highest BCUT2D eigenvalue weighted by molar-refractivity contribution is 6.20. The molecule has 56 valence electrons. The van der Waals surface area contributed by atoms with Gasteiger partial charge in [0.25, 0.3) is 0 Å². The maximum Gasteiger partial charge on any atom is 0.0953 e. The molecule has 3 heteroatoms. The van der Waals surface area contributed by atoms with Crippen molar-refractivity contribution in [3.63, 3.8) is 0 Å². The van der Waals surface area contributed by atoms with Crippen molar-refractivity contribution in [3.05, 3.63) is 0 Å². The van der Waals surface area contributed by atoms with Gasteiger partial charge in [0.05, 0.1) is 5.50 Å². The predicted octanol–water partition coefficient (Wildman–Crippen LogP) is 1.03. The second-order valence-electron chi connectivity index (χ2n) is 2.25. The number of unbranched alkanes of at least 4 members (excludes halogenated alkanes) is 1. The van der Waals surface area contributed by atoms with E-state index >= 15 is 0 Å². The summed E-state index contributed by atoms with van der Waals surface area (Å²) >= 11 is 5.52. The molecule has 0 rings (SSSR count). The van der Waals surface area contributed by atoms with Crippen LogP contribution in [0, 0.1) is 0 Å². The molecule has 0 bridgehead atoms. The van der Waals surface area contributed by atoms with Gasteiger partial charge in [0.2, 0.25) is 0 Å².